The standard InChI is InChI=1S/C19H18FN5O2.2ClH/c20-13-3-5-14(6-4-13)27-19-15(2-1-8-22-19)24-18(26)16-12-25-11-10-21-9-7-17(25)23-16;;/h1-6,8,12,21H,7,9-11H2,(H,24,26);2*1H. The molecule has 3 heterocycles. The molecule has 154 valence electrons. The molecule has 0 bridgehead atoms. The number of imidazole rings is 1. The maximum atomic E-state index is 13.0. The van der Waals surface area contributed by atoms with Crippen LogP contribution >= 0.6 is 24.8 Å². The molecule has 10 heteroatoms. The van der Waals surface area contributed by atoms with E-state index in [1.807, 2.05) is 4.57 Å². The highest BCUT2D eigenvalue weighted by Gasteiger charge is 2.17. The number of hydrogen-bond acceptors (Lipinski definition) is 5. The summed E-state index contributed by atoms with van der Waals surface area (Å²) in [4.78, 5) is 21.2. The van der Waals surface area contributed by atoms with Crippen LogP contribution in [0.2, 0.25) is 0 Å². The molecule has 1 aromatic carbocycles. The minimum absolute atomic E-state index is 0. The van der Waals surface area contributed by atoms with Crippen molar-refractivity contribution < 1.29 is 13.9 Å². The quantitative estimate of drug-likeness (QED) is 0.650. The number of amides is 1. The lowest BCUT2D eigenvalue weighted by Gasteiger charge is -2.10. The number of ether oxygens (including phenoxy) is 1. The Labute approximate surface area is 179 Å². The van der Waals surface area contributed by atoms with E-state index in [0.717, 1.165) is 31.9 Å². The van der Waals surface area contributed by atoms with E-state index in [9.17, 15) is 9.18 Å². The van der Waals surface area contributed by atoms with Crippen LogP contribution in [0.4, 0.5) is 10.1 Å². The molecule has 0 spiro atoms. The summed E-state index contributed by atoms with van der Waals surface area (Å²) in [6.07, 6.45) is 4.09. The molecule has 0 aliphatic carbocycles. The molecule has 4 rings (SSSR count). The number of pyridine rings is 1. The first-order valence-corrected chi connectivity index (χ1v) is 8.65. The average Bonchev–Trinajstić information content (AvgIpc) is 2.96. The summed E-state index contributed by atoms with van der Waals surface area (Å²) in [5, 5.41) is 6.08. The number of anilines is 1. The van der Waals surface area contributed by atoms with Gasteiger partial charge in [0.05, 0.1) is 0 Å². The van der Waals surface area contributed by atoms with Crippen molar-refractivity contribution >= 4 is 36.4 Å². The molecule has 1 aliphatic rings. The minimum atomic E-state index is -0.355. The number of nitrogens with zero attached hydrogens (tertiary/aromatic N) is 3. The number of rotatable bonds is 4. The van der Waals surface area contributed by atoms with E-state index in [4.69, 9.17) is 4.74 Å². The number of fused-ring (bicyclic) bond motifs is 1. The molecule has 2 aromatic heterocycles. The van der Waals surface area contributed by atoms with E-state index in [1.54, 1.807) is 24.5 Å². The van der Waals surface area contributed by atoms with Crippen molar-refractivity contribution in [1.29, 1.82) is 0 Å². The second-order valence-corrected chi connectivity index (χ2v) is 6.10. The molecule has 7 nitrogen and oxygen atoms in total. The van der Waals surface area contributed by atoms with Gasteiger partial charge in [0, 0.05) is 38.4 Å². The van der Waals surface area contributed by atoms with Gasteiger partial charge in [-0.1, -0.05) is 0 Å². The Morgan fingerprint density at radius 2 is 1.97 bits per heavy atom. The van der Waals surface area contributed by atoms with Crippen LogP contribution in [0, 0.1) is 5.82 Å². The fourth-order valence-corrected chi connectivity index (χ4v) is 2.85. The third-order valence-electron chi connectivity index (χ3n) is 4.19. The predicted octanol–water partition coefficient (Wildman–Crippen LogP) is 3.45. The van der Waals surface area contributed by atoms with E-state index in [1.165, 1.54) is 24.3 Å². The van der Waals surface area contributed by atoms with Crippen molar-refractivity contribution in [3.05, 3.63) is 66.1 Å². The van der Waals surface area contributed by atoms with Crippen molar-refractivity contribution in [1.82, 2.24) is 19.9 Å². The van der Waals surface area contributed by atoms with Crippen LogP contribution in [0.3, 0.4) is 0 Å². The first-order valence-electron chi connectivity index (χ1n) is 8.65. The van der Waals surface area contributed by atoms with Crippen LogP contribution < -0.4 is 15.4 Å². The zero-order valence-electron chi connectivity index (χ0n) is 15.3. The summed E-state index contributed by atoms with van der Waals surface area (Å²) in [5.41, 5.74) is 0.764. The monoisotopic (exact) mass is 439 g/mol. The molecule has 3 aromatic rings. The van der Waals surface area contributed by atoms with Gasteiger partial charge in [0.1, 0.15) is 28.8 Å². The smallest absolute Gasteiger partial charge is 0.276 e. The molecule has 1 aliphatic heterocycles. The first-order chi connectivity index (χ1) is 13.2. The van der Waals surface area contributed by atoms with E-state index >= 15 is 0 Å². The molecular weight excluding hydrogens is 420 g/mol. The Hall–Kier alpha value is -2.68. The van der Waals surface area contributed by atoms with E-state index in [-0.39, 0.29) is 42.4 Å². The second kappa shape index (κ2) is 10.2. The number of benzene rings is 1. The van der Waals surface area contributed by atoms with Gasteiger partial charge in [0.2, 0.25) is 5.88 Å². The lowest BCUT2D eigenvalue weighted by molar-refractivity contribution is 0.102. The van der Waals surface area contributed by atoms with Gasteiger partial charge in [0.25, 0.3) is 5.91 Å². The van der Waals surface area contributed by atoms with Crippen molar-refractivity contribution in [2.24, 2.45) is 0 Å². The summed E-state index contributed by atoms with van der Waals surface area (Å²) in [6.45, 7) is 2.47. The van der Waals surface area contributed by atoms with Crippen LogP contribution in [0.1, 0.15) is 16.3 Å². The van der Waals surface area contributed by atoms with Gasteiger partial charge in [-0.3, -0.25) is 4.79 Å². The summed E-state index contributed by atoms with van der Waals surface area (Å²) >= 11 is 0. The van der Waals surface area contributed by atoms with Gasteiger partial charge in [-0.05, 0) is 36.4 Å². The summed E-state index contributed by atoms with van der Waals surface area (Å²) in [7, 11) is 0. The van der Waals surface area contributed by atoms with E-state index in [0.29, 0.717) is 17.1 Å². The van der Waals surface area contributed by atoms with Crippen LogP contribution in [-0.2, 0) is 13.0 Å². The molecule has 0 atom stereocenters. The van der Waals surface area contributed by atoms with Crippen molar-refractivity contribution in [2.75, 3.05) is 18.4 Å². The zero-order chi connectivity index (χ0) is 18.6. The van der Waals surface area contributed by atoms with Crippen LogP contribution in [-0.4, -0.2) is 33.5 Å². The minimum Gasteiger partial charge on any atom is -0.437 e. The van der Waals surface area contributed by atoms with Gasteiger partial charge in [0.15, 0.2) is 0 Å². The van der Waals surface area contributed by atoms with Crippen LogP contribution in [0.5, 0.6) is 11.6 Å². The number of carbonyl (C=O) groups excluding carboxylic acids is 1. The van der Waals surface area contributed by atoms with Crippen LogP contribution in [0.25, 0.3) is 0 Å². The molecule has 0 saturated carbocycles. The van der Waals surface area contributed by atoms with Crippen LogP contribution in [0.15, 0.2) is 48.8 Å². The lowest BCUT2D eigenvalue weighted by Crippen LogP contribution is -2.18. The van der Waals surface area contributed by atoms with Gasteiger partial charge in [-0.25, -0.2) is 14.4 Å². The topological polar surface area (TPSA) is 81.1 Å². The number of carbonyl (C=O) groups is 1. The average molecular weight is 440 g/mol. The molecule has 0 radical (unpaired) electrons. The first kappa shape index (κ1) is 22.6. The van der Waals surface area contributed by atoms with E-state index < -0.39 is 0 Å². The van der Waals surface area contributed by atoms with E-state index in [2.05, 4.69) is 20.6 Å². The SMILES string of the molecule is Cl.Cl.O=C(Nc1cccnc1Oc1ccc(F)cc1)c1cn2c(n1)CCNCC2. The molecule has 2 N–H and O–H groups in total. The fourth-order valence-electron chi connectivity index (χ4n) is 2.85. The maximum Gasteiger partial charge on any atom is 0.276 e. The maximum absolute atomic E-state index is 13.0. The summed E-state index contributed by atoms with van der Waals surface area (Å²) in [6, 6.07) is 8.97. The van der Waals surface area contributed by atoms with Gasteiger partial charge in [-0.15, -0.1) is 24.8 Å². The highest BCUT2D eigenvalue weighted by molar-refractivity contribution is 6.03. The third kappa shape index (κ3) is 5.44. The van der Waals surface area contributed by atoms with Crippen molar-refractivity contribution in [3.63, 3.8) is 0 Å². The molecular formula is C19H20Cl2FN5O2. The lowest BCUT2D eigenvalue weighted by atomic mass is 10.3. The number of nitrogens with one attached hydrogen (secondary N) is 2. The highest BCUT2D eigenvalue weighted by Crippen LogP contribution is 2.27. The van der Waals surface area contributed by atoms with Crippen molar-refractivity contribution in [2.45, 2.75) is 13.0 Å². The Balaban J connectivity index is 0.00000150. The van der Waals surface area contributed by atoms with Crippen molar-refractivity contribution in [3.8, 4) is 11.6 Å². The Kier molecular flexibility index (Phi) is 7.95. The Bertz CT molecular complexity index is 942. The van der Waals surface area contributed by atoms with Gasteiger partial charge < -0.3 is 19.9 Å². The van der Waals surface area contributed by atoms with Gasteiger partial charge >= 0.3 is 0 Å². The normalized spacial score (nSPS) is 12.6. The number of aromatic nitrogens is 3. The number of hydrogen-bond donors (Lipinski definition) is 2. The van der Waals surface area contributed by atoms with Gasteiger partial charge in [-0.2, -0.15) is 0 Å². The fraction of sp³-hybridized carbons (Fsp3) is 0.211. The third-order valence-corrected chi connectivity index (χ3v) is 4.19. The predicted molar refractivity (Wildman–Crippen MR) is 112 cm³/mol. The summed E-state index contributed by atoms with van der Waals surface area (Å²) in [5.74, 6) is 0.848. The largest absolute Gasteiger partial charge is 0.437 e. The molecule has 0 unspecified atom stereocenters. The molecule has 29 heavy (non-hydrogen) atoms. The summed E-state index contributed by atoms with van der Waals surface area (Å²) < 4.78 is 20.7. The Morgan fingerprint density at radius 3 is 2.76 bits per heavy atom. The molecule has 0 fully saturated rings. The Morgan fingerprint density at radius 1 is 1.17 bits per heavy atom. The molecule has 1 amide bonds. The second-order valence-electron chi connectivity index (χ2n) is 6.10. The number of halogens is 3. The zero-order valence-corrected chi connectivity index (χ0v) is 16.9. The highest BCUT2D eigenvalue weighted by atomic mass is 35.5. The molecule has 0 saturated heterocycles.